The number of carbonyl (C=O) groups excluding carboxylic acids is 1. The average Bonchev–Trinajstić information content (AvgIpc) is 2.22. The zero-order valence-corrected chi connectivity index (χ0v) is 10.5. The van der Waals surface area contributed by atoms with Crippen molar-refractivity contribution in [2.24, 2.45) is 0 Å². The van der Waals surface area contributed by atoms with Crippen LogP contribution in [0.1, 0.15) is 40.0 Å². The average molecular weight is 229 g/mol. The first-order valence-electron chi connectivity index (χ1n) is 6.13. The Hall–Kier alpha value is -0.610. The smallest absolute Gasteiger partial charge is 0.323 e. The number of carbonyl (C=O) groups is 1. The van der Waals surface area contributed by atoms with Gasteiger partial charge in [-0.1, -0.05) is 6.92 Å². The van der Waals surface area contributed by atoms with Gasteiger partial charge in [0, 0.05) is 13.1 Å². The first kappa shape index (κ1) is 13.5. The van der Waals surface area contributed by atoms with Crippen molar-refractivity contribution in [3.63, 3.8) is 0 Å². The third kappa shape index (κ3) is 3.46. The van der Waals surface area contributed by atoms with Crippen LogP contribution in [0.15, 0.2) is 0 Å². The Morgan fingerprint density at radius 2 is 2.00 bits per heavy atom. The van der Waals surface area contributed by atoms with Gasteiger partial charge >= 0.3 is 5.97 Å². The Kier molecular flexibility index (Phi) is 4.74. The van der Waals surface area contributed by atoms with E-state index in [-0.39, 0.29) is 12.0 Å². The third-order valence-corrected chi connectivity index (χ3v) is 3.26. The van der Waals surface area contributed by atoms with Gasteiger partial charge in [-0.15, -0.1) is 0 Å². The minimum atomic E-state index is -0.566. The summed E-state index contributed by atoms with van der Waals surface area (Å²) in [7, 11) is 0. The van der Waals surface area contributed by atoms with E-state index in [9.17, 15) is 9.90 Å². The van der Waals surface area contributed by atoms with Crippen molar-refractivity contribution >= 4 is 5.97 Å². The summed E-state index contributed by atoms with van der Waals surface area (Å²) in [6.07, 6.45) is 2.22. The van der Waals surface area contributed by atoms with Gasteiger partial charge in [0.2, 0.25) is 0 Å². The van der Waals surface area contributed by atoms with Crippen LogP contribution in [0.2, 0.25) is 0 Å². The Morgan fingerprint density at radius 1 is 1.44 bits per heavy atom. The summed E-state index contributed by atoms with van der Waals surface area (Å²) in [5, 5.41) is 9.85. The Balaban J connectivity index is 2.52. The molecule has 0 spiro atoms. The largest absolute Gasteiger partial charge is 0.465 e. The van der Waals surface area contributed by atoms with Crippen molar-refractivity contribution in [2.75, 3.05) is 19.7 Å². The number of piperidine rings is 1. The van der Waals surface area contributed by atoms with Gasteiger partial charge in [-0.3, -0.25) is 9.69 Å². The summed E-state index contributed by atoms with van der Waals surface area (Å²) in [5.74, 6) is -0.133. The molecule has 94 valence electrons. The first-order chi connectivity index (χ1) is 7.50. The molecule has 1 aliphatic heterocycles. The lowest BCUT2D eigenvalue weighted by Crippen LogP contribution is -2.50. The summed E-state index contributed by atoms with van der Waals surface area (Å²) in [4.78, 5) is 13.8. The highest BCUT2D eigenvalue weighted by Crippen LogP contribution is 2.23. The van der Waals surface area contributed by atoms with Gasteiger partial charge in [0.15, 0.2) is 0 Å². The van der Waals surface area contributed by atoms with Gasteiger partial charge in [0.1, 0.15) is 6.04 Å². The van der Waals surface area contributed by atoms with E-state index in [0.29, 0.717) is 6.61 Å². The Morgan fingerprint density at radius 3 is 2.44 bits per heavy atom. The van der Waals surface area contributed by atoms with E-state index in [4.69, 9.17) is 4.74 Å². The van der Waals surface area contributed by atoms with E-state index in [1.807, 2.05) is 20.8 Å². The lowest BCUT2D eigenvalue weighted by molar-refractivity contribution is -0.151. The fraction of sp³-hybridized carbons (Fsp3) is 0.917. The van der Waals surface area contributed by atoms with Crippen LogP contribution in [-0.2, 0) is 9.53 Å². The van der Waals surface area contributed by atoms with Crippen LogP contribution in [-0.4, -0.2) is 47.3 Å². The maximum absolute atomic E-state index is 11.7. The van der Waals surface area contributed by atoms with Crippen LogP contribution < -0.4 is 0 Å². The highest BCUT2D eigenvalue weighted by atomic mass is 16.5. The molecule has 1 rings (SSSR count). The van der Waals surface area contributed by atoms with Crippen molar-refractivity contribution in [1.29, 1.82) is 0 Å². The molecular formula is C12H23NO3. The van der Waals surface area contributed by atoms with Crippen LogP contribution >= 0.6 is 0 Å². The number of hydrogen-bond donors (Lipinski definition) is 1. The molecule has 1 heterocycles. The number of aliphatic hydroxyl groups is 1. The molecule has 1 saturated heterocycles. The number of ether oxygens (including phenoxy) is 1. The molecule has 1 fully saturated rings. The van der Waals surface area contributed by atoms with Gasteiger partial charge in [-0.05, 0) is 33.1 Å². The van der Waals surface area contributed by atoms with E-state index in [0.717, 1.165) is 32.4 Å². The van der Waals surface area contributed by atoms with Crippen LogP contribution in [0.4, 0.5) is 0 Å². The molecule has 4 nitrogen and oxygen atoms in total. The van der Waals surface area contributed by atoms with E-state index in [1.54, 1.807) is 0 Å². The molecule has 16 heavy (non-hydrogen) atoms. The zero-order chi connectivity index (χ0) is 12.2. The highest BCUT2D eigenvalue weighted by Gasteiger charge is 2.33. The molecule has 0 radical (unpaired) electrons. The molecule has 1 aliphatic rings. The monoisotopic (exact) mass is 229 g/mol. The van der Waals surface area contributed by atoms with Gasteiger partial charge in [-0.2, -0.15) is 0 Å². The van der Waals surface area contributed by atoms with Crippen molar-refractivity contribution < 1.29 is 14.6 Å². The number of nitrogens with zero attached hydrogens (tertiary/aromatic N) is 1. The fourth-order valence-electron chi connectivity index (χ4n) is 2.13. The van der Waals surface area contributed by atoms with Gasteiger partial charge in [0.05, 0.1) is 12.2 Å². The molecule has 0 aliphatic carbocycles. The predicted octanol–water partition coefficient (Wildman–Crippen LogP) is 1.17. The number of esters is 1. The second-order valence-corrected chi connectivity index (χ2v) is 4.71. The molecule has 0 aromatic carbocycles. The number of hydrogen-bond acceptors (Lipinski definition) is 4. The first-order valence-corrected chi connectivity index (χ1v) is 6.13. The lowest BCUT2D eigenvalue weighted by atomic mass is 9.92. The van der Waals surface area contributed by atoms with Crippen LogP contribution in [0, 0.1) is 0 Å². The Labute approximate surface area is 97.6 Å². The van der Waals surface area contributed by atoms with Crippen molar-refractivity contribution in [2.45, 2.75) is 51.7 Å². The zero-order valence-electron chi connectivity index (χ0n) is 10.5. The fourth-order valence-corrected chi connectivity index (χ4v) is 2.13. The molecule has 0 bridgehead atoms. The van der Waals surface area contributed by atoms with Crippen molar-refractivity contribution in [3.8, 4) is 0 Å². The SMILES string of the molecule is CCOC(=O)C(CC)N1CCC(C)(O)CC1. The molecule has 1 N–H and O–H groups in total. The molecular weight excluding hydrogens is 206 g/mol. The topological polar surface area (TPSA) is 49.8 Å². The molecule has 0 aromatic rings. The normalized spacial score (nSPS) is 22.8. The molecule has 0 amide bonds. The maximum Gasteiger partial charge on any atom is 0.323 e. The molecule has 4 heteroatoms. The van der Waals surface area contributed by atoms with Gasteiger partial charge in [-0.25, -0.2) is 0 Å². The number of rotatable bonds is 4. The molecule has 0 aromatic heterocycles. The minimum Gasteiger partial charge on any atom is -0.465 e. The summed E-state index contributed by atoms with van der Waals surface area (Å²) in [5.41, 5.74) is -0.566. The third-order valence-electron chi connectivity index (χ3n) is 3.26. The van der Waals surface area contributed by atoms with Crippen molar-refractivity contribution in [3.05, 3.63) is 0 Å². The van der Waals surface area contributed by atoms with E-state index in [2.05, 4.69) is 4.90 Å². The lowest BCUT2D eigenvalue weighted by Gasteiger charge is -2.38. The standard InChI is InChI=1S/C12H23NO3/c1-4-10(11(14)16-5-2)13-8-6-12(3,15)7-9-13/h10,15H,4-9H2,1-3H3. The summed E-state index contributed by atoms with van der Waals surface area (Å²) < 4.78 is 5.06. The number of likely N-dealkylation sites (tertiary alicyclic amines) is 1. The van der Waals surface area contributed by atoms with Gasteiger partial charge in [0.25, 0.3) is 0 Å². The van der Waals surface area contributed by atoms with E-state index >= 15 is 0 Å². The summed E-state index contributed by atoms with van der Waals surface area (Å²) in [6.45, 7) is 7.64. The second-order valence-electron chi connectivity index (χ2n) is 4.71. The maximum atomic E-state index is 11.7. The Bertz CT molecular complexity index is 230. The second kappa shape index (κ2) is 5.64. The predicted molar refractivity (Wildman–Crippen MR) is 62.1 cm³/mol. The molecule has 1 atom stereocenters. The van der Waals surface area contributed by atoms with Crippen molar-refractivity contribution in [1.82, 2.24) is 4.90 Å². The minimum absolute atomic E-state index is 0.133. The van der Waals surface area contributed by atoms with Crippen LogP contribution in [0.5, 0.6) is 0 Å². The van der Waals surface area contributed by atoms with Crippen LogP contribution in [0.25, 0.3) is 0 Å². The summed E-state index contributed by atoms with van der Waals surface area (Å²) in [6, 6.07) is -0.143. The van der Waals surface area contributed by atoms with Crippen LogP contribution in [0.3, 0.4) is 0 Å². The van der Waals surface area contributed by atoms with E-state index < -0.39 is 5.60 Å². The molecule has 1 unspecified atom stereocenters. The van der Waals surface area contributed by atoms with Gasteiger partial charge < -0.3 is 9.84 Å². The highest BCUT2D eigenvalue weighted by molar-refractivity contribution is 5.75. The molecule has 0 saturated carbocycles. The van der Waals surface area contributed by atoms with E-state index in [1.165, 1.54) is 0 Å². The summed E-state index contributed by atoms with van der Waals surface area (Å²) >= 11 is 0. The quantitative estimate of drug-likeness (QED) is 0.735.